The first kappa shape index (κ1) is 75.8. The molecule has 0 heterocycles. The smallest absolute Gasteiger partial charge is 0.309 e. The molecular formula is C73H130O6. The number of esters is 3. The molecule has 0 aromatic heterocycles. The van der Waals surface area contributed by atoms with E-state index in [0.29, 0.717) is 12.8 Å². The summed E-state index contributed by atoms with van der Waals surface area (Å²) in [6.07, 6.45) is 88.2. The molecule has 1 atom stereocenters. The highest BCUT2D eigenvalue weighted by Crippen LogP contribution is 2.18. The predicted molar refractivity (Wildman–Crippen MR) is 344 cm³/mol. The van der Waals surface area contributed by atoms with Crippen LogP contribution < -0.4 is 0 Å². The minimum absolute atomic E-state index is 0.103. The molecule has 0 radical (unpaired) electrons. The lowest BCUT2D eigenvalue weighted by atomic mass is 10.0. The summed E-state index contributed by atoms with van der Waals surface area (Å²) in [6, 6.07) is 0. The number of rotatable bonds is 63. The molecule has 0 fully saturated rings. The summed E-state index contributed by atoms with van der Waals surface area (Å²) in [6.45, 7) is 6.49. The largest absolute Gasteiger partial charge is 0.462 e. The van der Waals surface area contributed by atoms with Gasteiger partial charge in [0.25, 0.3) is 0 Å². The lowest BCUT2D eigenvalue weighted by Gasteiger charge is -2.18. The van der Waals surface area contributed by atoms with Gasteiger partial charge in [-0.15, -0.1) is 0 Å². The van der Waals surface area contributed by atoms with Crippen molar-refractivity contribution in [2.75, 3.05) is 13.2 Å². The zero-order chi connectivity index (χ0) is 57.1. The molecule has 0 saturated heterocycles. The molecular weight excluding hydrogens is 973 g/mol. The molecule has 0 aliphatic carbocycles. The van der Waals surface area contributed by atoms with Gasteiger partial charge in [0.1, 0.15) is 13.2 Å². The molecule has 0 aliphatic heterocycles. The van der Waals surface area contributed by atoms with Gasteiger partial charge in [-0.25, -0.2) is 0 Å². The predicted octanol–water partition coefficient (Wildman–Crippen LogP) is 23.7. The van der Waals surface area contributed by atoms with E-state index in [1.807, 2.05) is 12.2 Å². The Hall–Kier alpha value is -3.15. The van der Waals surface area contributed by atoms with Gasteiger partial charge in [-0.1, -0.05) is 338 Å². The Balaban J connectivity index is 4.34. The average molecular weight is 1100 g/mol. The van der Waals surface area contributed by atoms with E-state index in [0.717, 1.165) is 70.6 Å². The van der Waals surface area contributed by atoms with Gasteiger partial charge in [-0.05, 0) is 70.6 Å². The van der Waals surface area contributed by atoms with Crippen molar-refractivity contribution >= 4 is 17.9 Å². The first-order valence-corrected chi connectivity index (χ1v) is 34.4. The van der Waals surface area contributed by atoms with E-state index in [9.17, 15) is 14.4 Å². The van der Waals surface area contributed by atoms with Gasteiger partial charge in [0, 0.05) is 12.8 Å². The summed E-state index contributed by atoms with van der Waals surface area (Å²) < 4.78 is 16.9. The van der Waals surface area contributed by atoms with Crippen LogP contribution in [0.4, 0.5) is 0 Å². The fourth-order valence-corrected chi connectivity index (χ4v) is 10.1. The minimum atomic E-state index is -0.816. The Morgan fingerprint density at radius 3 is 0.873 bits per heavy atom. The highest BCUT2D eigenvalue weighted by molar-refractivity contribution is 5.72. The fourth-order valence-electron chi connectivity index (χ4n) is 10.1. The standard InChI is InChI=1S/C73H130O6/c1-4-7-10-13-16-19-22-25-28-30-32-34-35-36-37-39-40-42-45-48-51-54-57-60-63-66-72(75)78-69-70(68-77-71(74)65-62-59-56-53-50-47-44-27-24-21-18-15-12-9-6-3)79-73(76)67-64-61-58-55-52-49-46-43-41-38-33-31-29-26-23-20-17-14-11-8-5-2/h9,12,18,21,27,31,33,44,50,53,59,62,70H,4-8,10-11,13-17,19-20,22-26,28-30,32,34-43,45-49,51-52,54-58,60-61,63-69H2,1-3H3/b12-9-,21-18-,33-31-,44-27-,53-50-,62-59-. The van der Waals surface area contributed by atoms with E-state index in [1.54, 1.807) is 0 Å². The van der Waals surface area contributed by atoms with E-state index in [-0.39, 0.29) is 31.6 Å². The topological polar surface area (TPSA) is 78.9 Å². The van der Waals surface area contributed by atoms with Crippen LogP contribution in [0.15, 0.2) is 72.9 Å². The van der Waals surface area contributed by atoms with Gasteiger partial charge in [0.05, 0.1) is 6.42 Å². The molecule has 0 aromatic rings. The number of allylic oxidation sites excluding steroid dienone is 11. The van der Waals surface area contributed by atoms with Crippen LogP contribution in [0.3, 0.4) is 0 Å². The molecule has 0 bridgehead atoms. The monoisotopic (exact) mass is 1100 g/mol. The zero-order valence-corrected chi connectivity index (χ0v) is 52.6. The lowest BCUT2D eigenvalue weighted by molar-refractivity contribution is -0.166. The Labute approximate surface area is 491 Å². The molecule has 0 rings (SSSR count). The van der Waals surface area contributed by atoms with E-state index >= 15 is 0 Å². The molecule has 1 unspecified atom stereocenters. The van der Waals surface area contributed by atoms with Gasteiger partial charge >= 0.3 is 17.9 Å². The molecule has 6 heteroatoms. The lowest BCUT2D eigenvalue weighted by Crippen LogP contribution is -2.30. The maximum Gasteiger partial charge on any atom is 0.309 e. The molecule has 0 amide bonds. The van der Waals surface area contributed by atoms with Gasteiger partial charge in [0.2, 0.25) is 0 Å². The number of hydrogen-bond donors (Lipinski definition) is 0. The third-order valence-electron chi connectivity index (χ3n) is 15.2. The third-order valence-corrected chi connectivity index (χ3v) is 15.2. The van der Waals surface area contributed by atoms with Gasteiger partial charge in [0.15, 0.2) is 6.10 Å². The van der Waals surface area contributed by atoms with Crippen LogP contribution in [0.25, 0.3) is 0 Å². The first-order valence-electron chi connectivity index (χ1n) is 34.4. The maximum absolute atomic E-state index is 12.9. The van der Waals surface area contributed by atoms with Crippen molar-refractivity contribution in [3.05, 3.63) is 72.9 Å². The first-order chi connectivity index (χ1) is 39.0. The fraction of sp³-hybridized carbons (Fsp3) is 0.795. The van der Waals surface area contributed by atoms with Crippen LogP contribution in [0.1, 0.15) is 355 Å². The molecule has 0 spiro atoms. The maximum atomic E-state index is 12.9. The van der Waals surface area contributed by atoms with Crippen LogP contribution >= 0.6 is 0 Å². The van der Waals surface area contributed by atoms with Crippen LogP contribution in [0, 0.1) is 0 Å². The molecule has 458 valence electrons. The molecule has 0 aromatic carbocycles. The summed E-state index contributed by atoms with van der Waals surface area (Å²) in [5, 5.41) is 0. The minimum Gasteiger partial charge on any atom is -0.462 e. The van der Waals surface area contributed by atoms with E-state index in [2.05, 4.69) is 81.5 Å². The van der Waals surface area contributed by atoms with Crippen molar-refractivity contribution in [3.63, 3.8) is 0 Å². The highest BCUT2D eigenvalue weighted by Gasteiger charge is 2.19. The summed E-state index contributed by atoms with van der Waals surface area (Å²) in [5.74, 6) is -1.02. The number of carbonyl (C=O) groups is 3. The quantitative estimate of drug-likeness (QED) is 0.0261. The number of carbonyl (C=O) groups excluding carboxylic acids is 3. The van der Waals surface area contributed by atoms with Crippen LogP contribution in [0.2, 0.25) is 0 Å². The second kappa shape index (κ2) is 67.4. The Kier molecular flexibility index (Phi) is 64.7. The van der Waals surface area contributed by atoms with E-state index in [4.69, 9.17) is 14.2 Å². The summed E-state index contributed by atoms with van der Waals surface area (Å²) in [4.78, 5) is 38.3. The normalized spacial score (nSPS) is 12.5. The molecule has 0 saturated carbocycles. The second-order valence-corrected chi connectivity index (χ2v) is 23.1. The molecule has 0 N–H and O–H groups in total. The van der Waals surface area contributed by atoms with Crippen LogP contribution in [-0.4, -0.2) is 37.2 Å². The Morgan fingerprint density at radius 2 is 0.544 bits per heavy atom. The van der Waals surface area contributed by atoms with Crippen LogP contribution in [-0.2, 0) is 28.6 Å². The highest BCUT2D eigenvalue weighted by atomic mass is 16.6. The molecule has 6 nitrogen and oxygen atoms in total. The summed E-state index contributed by atoms with van der Waals surface area (Å²) >= 11 is 0. The van der Waals surface area contributed by atoms with Gasteiger partial charge in [-0.3, -0.25) is 14.4 Å². The van der Waals surface area contributed by atoms with Gasteiger partial charge in [-0.2, -0.15) is 0 Å². The Morgan fingerprint density at radius 1 is 0.278 bits per heavy atom. The second-order valence-electron chi connectivity index (χ2n) is 23.1. The molecule has 0 aliphatic rings. The van der Waals surface area contributed by atoms with Crippen molar-refractivity contribution in [2.45, 2.75) is 361 Å². The van der Waals surface area contributed by atoms with Crippen molar-refractivity contribution in [2.24, 2.45) is 0 Å². The van der Waals surface area contributed by atoms with E-state index < -0.39 is 12.1 Å². The number of unbranched alkanes of at least 4 members (excludes halogenated alkanes) is 41. The van der Waals surface area contributed by atoms with Crippen molar-refractivity contribution < 1.29 is 28.6 Å². The Bertz CT molecular complexity index is 1450. The van der Waals surface area contributed by atoms with Crippen molar-refractivity contribution in [1.29, 1.82) is 0 Å². The number of hydrogen-bond acceptors (Lipinski definition) is 6. The zero-order valence-electron chi connectivity index (χ0n) is 52.6. The van der Waals surface area contributed by atoms with Gasteiger partial charge < -0.3 is 14.2 Å². The van der Waals surface area contributed by atoms with E-state index in [1.165, 1.54) is 244 Å². The summed E-state index contributed by atoms with van der Waals surface area (Å²) in [7, 11) is 0. The third kappa shape index (κ3) is 65.5. The van der Waals surface area contributed by atoms with Crippen molar-refractivity contribution in [3.8, 4) is 0 Å². The van der Waals surface area contributed by atoms with Crippen LogP contribution in [0.5, 0.6) is 0 Å². The number of ether oxygens (including phenoxy) is 3. The summed E-state index contributed by atoms with van der Waals surface area (Å²) in [5.41, 5.74) is 0. The average Bonchev–Trinajstić information content (AvgIpc) is 3.45. The SMILES string of the molecule is CC/C=C\C/C=C\C/C=C\C/C=C\C/C=C\CC(=O)OCC(COC(=O)CCCCCCCCCCCCCCCCCCCCCCCCCCC)OC(=O)CCCCCCCCCCC/C=C\CCCCCCCCCC. The molecule has 79 heavy (non-hydrogen) atoms. The van der Waals surface area contributed by atoms with Crippen molar-refractivity contribution in [1.82, 2.24) is 0 Å².